The quantitative estimate of drug-likeness (QED) is 0.840. The molecule has 6 heteroatoms. The minimum Gasteiger partial charge on any atom is -0.495 e. The molecule has 0 spiro atoms. The van der Waals surface area contributed by atoms with E-state index in [1.54, 1.807) is 13.3 Å². The van der Waals surface area contributed by atoms with Crippen LogP contribution in [0.15, 0.2) is 24.5 Å². The van der Waals surface area contributed by atoms with E-state index in [9.17, 15) is 0 Å². The van der Waals surface area contributed by atoms with Crippen LogP contribution in [0.4, 0.5) is 11.5 Å². The number of hydrogen-bond donors (Lipinski definition) is 0. The molecule has 6 nitrogen and oxygen atoms in total. The number of anilines is 2. The number of nitrogens with zero attached hydrogens (tertiary/aromatic N) is 5. The summed E-state index contributed by atoms with van der Waals surface area (Å²) in [5.41, 5.74) is 2.23. The molecule has 24 heavy (non-hydrogen) atoms. The lowest BCUT2D eigenvalue weighted by Gasteiger charge is -2.36. The van der Waals surface area contributed by atoms with E-state index in [0.717, 1.165) is 67.8 Å². The number of aryl methyl sites for hydroxylation is 2. The minimum atomic E-state index is 0.797. The van der Waals surface area contributed by atoms with Gasteiger partial charge in [0.1, 0.15) is 17.4 Å². The molecule has 1 fully saturated rings. The highest BCUT2D eigenvalue weighted by Crippen LogP contribution is 2.22. The van der Waals surface area contributed by atoms with Crippen LogP contribution in [-0.2, 0) is 12.8 Å². The number of piperazine rings is 1. The second-order valence-electron chi connectivity index (χ2n) is 5.90. The Morgan fingerprint density at radius 3 is 2.38 bits per heavy atom. The van der Waals surface area contributed by atoms with Crippen LogP contribution in [0.25, 0.3) is 0 Å². The van der Waals surface area contributed by atoms with Crippen molar-refractivity contribution < 1.29 is 4.74 Å². The standard InChI is InChI=1S/C18H25N5O/c1-4-14-10-18(21-17(5-2)20-14)23-8-6-22(7-9-23)15-11-16(24-3)13-19-12-15/h10-13H,4-9H2,1-3H3. The molecule has 128 valence electrons. The highest BCUT2D eigenvalue weighted by molar-refractivity contribution is 5.50. The smallest absolute Gasteiger partial charge is 0.139 e. The van der Waals surface area contributed by atoms with Crippen molar-refractivity contribution in [2.24, 2.45) is 0 Å². The minimum absolute atomic E-state index is 0.797. The largest absolute Gasteiger partial charge is 0.495 e. The van der Waals surface area contributed by atoms with Crippen molar-refractivity contribution in [1.29, 1.82) is 0 Å². The van der Waals surface area contributed by atoms with E-state index in [0.29, 0.717) is 0 Å². The van der Waals surface area contributed by atoms with Gasteiger partial charge in [0.05, 0.1) is 25.2 Å². The average molecular weight is 327 g/mol. The Balaban J connectivity index is 1.70. The zero-order valence-electron chi connectivity index (χ0n) is 14.7. The molecule has 2 aromatic heterocycles. The fraction of sp³-hybridized carbons (Fsp3) is 0.500. The molecule has 0 amide bonds. The summed E-state index contributed by atoms with van der Waals surface area (Å²) in [6.07, 6.45) is 5.45. The second-order valence-corrected chi connectivity index (χ2v) is 5.90. The van der Waals surface area contributed by atoms with Crippen LogP contribution in [-0.4, -0.2) is 48.2 Å². The zero-order valence-corrected chi connectivity index (χ0v) is 14.7. The average Bonchev–Trinajstić information content (AvgIpc) is 2.67. The Bertz CT molecular complexity index is 661. The van der Waals surface area contributed by atoms with Crippen LogP contribution < -0.4 is 14.5 Å². The van der Waals surface area contributed by atoms with Gasteiger partial charge in [-0.3, -0.25) is 4.98 Å². The van der Waals surface area contributed by atoms with Gasteiger partial charge in [-0.05, 0) is 6.42 Å². The summed E-state index contributed by atoms with van der Waals surface area (Å²) in [4.78, 5) is 18.2. The third-order valence-corrected chi connectivity index (χ3v) is 4.39. The van der Waals surface area contributed by atoms with Crippen molar-refractivity contribution in [1.82, 2.24) is 15.0 Å². The summed E-state index contributed by atoms with van der Waals surface area (Å²) >= 11 is 0. The fourth-order valence-corrected chi connectivity index (χ4v) is 2.92. The van der Waals surface area contributed by atoms with Gasteiger partial charge in [-0.1, -0.05) is 13.8 Å². The maximum atomic E-state index is 5.27. The van der Waals surface area contributed by atoms with Crippen LogP contribution in [0, 0.1) is 0 Å². The van der Waals surface area contributed by atoms with Gasteiger partial charge < -0.3 is 14.5 Å². The lowest BCUT2D eigenvalue weighted by molar-refractivity contribution is 0.413. The molecule has 0 aromatic carbocycles. The van der Waals surface area contributed by atoms with Crippen molar-refractivity contribution in [2.75, 3.05) is 43.1 Å². The molecule has 0 unspecified atom stereocenters. The van der Waals surface area contributed by atoms with E-state index in [1.807, 2.05) is 12.3 Å². The molecule has 0 N–H and O–H groups in total. The van der Waals surface area contributed by atoms with Crippen molar-refractivity contribution in [3.05, 3.63) is 36.0 Å². The molecule has 0 bridgehead atoms. The molecule has 1 saturated heterocycles. The molecule has 2 aromatic rings. The number of methoxy groups -OCH3 is 1. The first-order chi connectivity index (χ1) is 11.7. The number of rotatable bonds is 5. The Morgan fingerprint density at radius 1 is 0.958 bits per heavy atom. The van der Waals surface area contributed by atoms with E-state index < -0.39 is 0 Å². The van der Waals surface area contributed by atoms with Gasteiger partial charge in [-0.15, -0.1) is 0 Å². The third-order valence-electron chi connectivity index (χ3n) is 4.39. The molecule has 3 rings (SSSR count). The molecular formula is C18H25N5O. The monoisotopic (exact) mass is 327 g/mol. The summed E-state index contributed by atoms with van der Waals surface area (Å²) in [6.45, 7) is 8.02. The van der Waals surface area contributed by atoms with E-state index >= 15 is 0 Å². The lowest BCUT2D eigenvalue weighted by Crippen LogP contribution is -2.47. The van der Waals surface area contributed by atoms with Gasteiger partial charge in [0.2, 0.25) is 0 Å². The van der Waals surface area contributed by atoms with Gasteiger partial charge in [0.15, 0.2) is 0 Å². The van der Waals surface area contributed by atoms with Crippen molar-refractivity contribution in [3.63, 3.8) is 0 Å². The molecule has 0 aliphatic carbocycles. The van der Waals surface area contributed by atoms with E-state index in [2.05, 4.69) is 39.7 Å². The Kier molecular flexibility index (Phi) is 5.13. The molecule has 3 heterocycles. The maximum Gasteiger partial charge on any atom is 0.139 e. The van der Waals surface area contributed by atoms with Crippen molar-refractivity contribution in [3.8, 4) is 5.75 Å². The highest BCUT2D eigenvalue weighted by atomic mass is 16.5. The first-order valence-corrected chi connectivity index (χ1v) is 8.59. The second kappa shape index (κ2) is 7.47. The van der Waals surface area contributed by atoms with E-state index in [1.165, 1.54) is 0 Å². The third kappa shape index (κ3) is 3.58. The van der Waals surface area contributed by atoms with Crippen LogP contribution >= 0.6 is 0 Å². The maximum absolute atomic E-state index is 5.27. The summed E-state index contributed by atoms with van der Waals surface area (Å²) in [5, 5.41) is 0. The topological polar surface area (TPSA) is 54.4 Å². The summed E-state index contributed by atoms with van der Waals surface area (Å²) in [6, 6.07) is 4.17. The van der Waals surface area contributed by atoms with Gasteiger partial charge in [0, 0.05) is 50.4 Å². The number of ether oxygens (including phenoxy) is 1. The number of hydrogen-bond acceptors (Lipinski definition) is 6. The predicted molar refractivity (Wildman–Crippen MR) is 96.0 cm³/mol. The summed E-state index contributed by atoms with van der Waals surface area (Å²) in [7, 11) is 1.67. The van der Waals surface area contributed by atoms with E-state index in [4.69, 9.17) is 9.72 Å². The first kappa shape index (κ1) is 16.5. The predicted octanol–water partition coefficient (Wildman–Crippen LogP) is 2.33. The summed E-state index contributed by atoms with van der Waals surface area (Å²) in [5.74, 6) is 2.79. The Morgan fingerprint density at radius 2 is 1.71 bits per heavy atom. The lowest BCUT2D eigenvalue weighted by atomic mass is 10.2. The first-order valence-electron chi connectivity index (χ1n) is 8.59. The summed E-state index contributed by atoms with van der Waals surface area (Å²) < 4.78 is 5.27. The van der Waals surface area contributed by atoms with Crippen LogP contribution in [0.3, 0.4) is 0 Å². The molecular weight excluding hydrogens is 302 g/mol. The number of pyridine rings is 1. The number of aromatic nitrogens is 3. The normalized spacial score (nSPS) is 14.8. The highest BCUT2D eigenvalue weighted by Gasteiger charge is 2.20. The van der Waals surface area contributed by atoms with E-state index in [-0.39, 0.29) is 0 Å². The Hall–Kier alpha value is -2.37. The van der Waals surface area contributed by atoms with Gasteiger partial charge in [-0.2, -0.15) is 0 Å². The zero-order chi connectivity index (χ0) is 16.9. The van der Waals surface area contributed by atoms with Crippen LogP contribution in [0.2, 0.25) is 0 Å². The molecule has 0 saturated carbocycles. The fourth-order valence-electron chi connectivity index (χ4n) is 2.92. The van der Waals surface area contributed by atoms with Crippen LogP contribution in [0.5, 0.6) is 5.75 Å². The van der Waals surface area contributed by atoms with Crippen molar-refractivity contribution >= 4 is 11.5 Å². The van der Waals surface area contributed by atoms with Gasteiger partial charge >= 0.3 is 0 Å². The molecule has 1 aliphatic rings. The van der Waals surface area contributed by atoms with Crippen molar-refractivity contribution in [2.45, 2.75) is 26.7 Å². The van der Waals surface area contributed by atoms with Gasteiger partial charge in [0.25, 0.3) is 0 Å². The molecule has 0 atom stereocenters. The SMILES string of the molecule is CCc1cc(N2CCN(c3cncc(OC)c3)CC2)nc(CC)n1. The molecule has 0 radical (unpaired) electrons. The molecule has 1 aliphatic heterocycles. The van der Waals surface area contributed by atoms with Crippen LogP contribution in [0.1, 0.15) is 25.4 Å². The Labute approximate surface area is 143 Å². The van der Waals surface area contributed by atoms with Gasteiger partial charge in [-0.25, -0.2) is 9.97 Å².